The van der Waals surface area contributed by atoms with Crippen molar-refractivity contribution >= 4 is 29.3 Å². The van der Waals surface area contributed by atoms with Crippen LogP contribution in [0, 0.1) is 12.7 Å². The van der Waals surface area contributed by atoms with Crippen LogP contribution in [0.25, 0.3) is 0 Å². The number of thioether (sulfide) groups is 1. The Labute approximate surface area is 151 Å². The molecular weight excluding hydrogens is 339 g/mol. The lowest BCUT2D eigenvalue weighted by Gasteiger charge is -2.16. The zero-order valence-electron chi connectivity index (χ0n) is 14.3. The standard InChI is InChI=1S/C19H21FN2O2S/c1-14-5-3-6-15(9-14)12-25-13-19(24)22(2)11-18(23)21-17-8-4-7-16(20)10-17/h3-10H,11-13H2,1-2H3,(H,21,23). The van der Waals surface area contributed by atoms with Gasteiger partial charge < -0.3 is 10.2 Å². The van der Waals surface area contributed by atoms with E-state index in [1.54, 1.807) is 13.1 Å². The van der Waals surface area contributed by atoms with Crippen molar-refractivity contribution in [2.75, 3.05) is 24.7 Å². The van der Waals surface area contributed by atoms with Gasteiger partial charge >= 0.3 is 0 Å². The van der Waals surface area contributed by atoms with Crippen LogP contribution in [0.5, 0.6) is 0 Å². The Morgan fingerprint density at radius 2 is 1.92 bits per heavy atom. The smallest absolute Gasteiger partial charge is 0.243 e. The Hall–Kier alpha value is -2.34. The molecule has 0 heterocycles. The number of carbonyl (C=O) groups is 2. The summed E-state index contributed by atoms with van der Waals surface area (Å²) in [7, 11) is 1.58. The minimum atomic E-state index is -0.422. The van der Waals surface area contributed by atoms with Crippen LogP contribution < -0.4 is 5.32 Å². The number of amides is 2. The van der Waals surface area contributed by atoms with Gasteiger partial charge in [-0.15, -0.1) is 11.8 Å². The number of anilines is 1. The van der Waals surface area contributed by atoms with E-state index in [0.29, 0.717) is 11.4 Å². The van der Waals surface area contributed by atoms with Gasteiger partial charge in [-0.05, 0) is 30.7 Å². The summed E-state index contributed by atoms with van der Waals surface area (Å²) < 4.78 is 13.1. The monoisotopic (exact) mass is 360 g/mol. The second kappa shape index (κ2) is 9.22. The van der Waals surface area contributed by atoms with Crippen LogP contribution in [0.15, 0.2) is 48.5 Å². The van der Waals surface area contributed by atoms with Crippen LogP contribution in [0.1, 0.15) is 11.1 Å². The van der Waals surface area contributed by atoms with Crippen molar-refractivity contribution in [2.24, 2.45) is 0 Å². The van der Waals surface area contributed by atoms with Gasteiger partial charge in [0.25, 0.3) is 0 Å². The summed E-state index contributed by atoms with van der Waals surface area (Å²) in [5, 5.41) is 2.58. The summed E-state index contributed by atoms with van der Waals surface area (Å²) in [4.78, 5) is 25.4. The van der Waals surface area contributed by atoms with Gasteiger partial charge in [0, 0.05) is 18.5 Å². The van der Waals surface area contributed by atoms with Crippen LogP contribution in [-0.4, -0.2) is 36.1 Å². The predicted molar refractivity (Wildman–Crippen MR) is 100 cm³/mol. The molecule has 1 N–H and O–H groups in total. The summed E-state index contributed by atoms with van der Waals surface area (Å²) in [6, 6.07) is 13.8. The average molecular weight is 360 g/mol. The zero-order chi connectivity index (χ0) is 18.2. The summed E-state index contributed by atoms with van der Waals surface area (Å²) >= 11 is 1.51. The first kappa shape index (κ1) is 19.0. The van der Waals surface area contributed by atoms with Crippen molar-refractivity contribution in [2.45, 2.75) is 12.7 Å². The maximum atomic E-state index is 13.1. The van der Waals surface area contributed by atoms with Gasteiger partial charge in [0.2, 0.25) is 11.8 Å². The number of aryl methyl sites for hydroxylation is 1. The molecule has 25 heavy (non-hydrogen) atoms. The fourth-order valence-corrected chi connectivity index (χ4v) is 3.15. The van der Waals surface area contributed by atoms with E-state index in [-0.39, 0.29) is 18.4 Å². The highest BCUT2D eigenvalue weighted by molar-refractivity contribution is 7.99. The molecule has 0 aliphatic rings. The molecule has 0 bridgehead atoms. The molecule has 2 amide bonds. The van der Waals surface area contributed by atoms with Crippen molar-refractivity contribution < 1.29 is 14.0 Å². The Bertz CT molecular complexity index is 752. The molecule has 0 aromatic heterocycles. The fourth-order valence-electron chi connectivity index (χ4n) is 2.24. The second-order valence-electron chi connectivity index (χ2n) is 5.79. The highest BCUT2D eigenvalue weighted by Gasteiger charge is 2.13. The molecule has 0 fully saturated rings. The first-order valence-corrected chi connectivity index (χ1v) is 9.02. The molecule has 4 nitrogen and oxygen atoms in total. The maximum Gasteiger partial charge on any atom is 0.243 e. The average Bonchev–Trinajstić information content (AvgIpc) is 2.54. The van der Waals surface area contributed by atoms with E-state index in [9.17, 15) is 14.0 Å². The lowest BCUT2D eigenvalue weighted by Crippen LogP contribution is -2.36. The highest BCUT2D eigenvalue weighted by Crippen LogP contribution is 2.14. The summed E-state index contributed by atoms with van der Waals surface area (Å²) in [5.41, 5.74) is 2.74. The number of halogens is 1. The van der Waals surface area contributed by atoms with E-state index >= 15 is 0 Å². The summed E-state index contributed by atoms with van der Waals surface area (Å²) in [6.45, 7) is 1.96. The lowest BCUT2D eigenvalue weighted by molar-refractivity contribution is -0.131. The number of likely N-dealkylation sites (N-methyl/N-ethyl adjacent to an activating group) is 1. The Morgan fingerprint density at radius 1 is 1.16 bits per heavy atom. The van der Waals surface area contributed by atoms with E-state index in [1.807, 2.05) is 25.1 Å². The third-order valence-electron chi connectivity index (χ3n) is 3.49. The molecule has 0 atom stereocenters. The van der Waals surface area contributed by atoms with E-state index in [4.69, 9.17) is 0 Å². The van der Waals surface area contributed by atoms with Gasteiger partial charge in [-0.2, -0.15) is 0 Å². The minimum absolute atomic E-state index is 0.0691. The lowest BCUT2D eigenvalue weighted by atomic mass is 10.2. The maximum absolute atomic E-state index is 13.1. The molecule has 0 spiro atoms. The molecule has 0 saturated heterocycles. The Morgan fingerprint density at radius 3 is 2.64 bits per heavy atom. The Kier molecular flexibility index (Phi) is 7.01. The van der Waals surface area contributed by atoms with Crippen molar-refractivity contribution in [3.63, 3.8) is 0 Å². The highest BCUT2D eigenvalue weighted by atomic mass is 32.2. The SMILES string of the molecule is Cc1cccc(CSCC(=O)N(C)CC(=O)Nc2cccc(F)c2)c1. The quantitative estimate of drug-likeness (QED) is 0.823. The number of benzene rings is 2. The van der Waals surface area contributed by atoms with E-state index in [2.05, 4.69) is 11.4 Å². The minimum Gasteiger partial charge on any atom is -0.336 e. The molecule has 2 aromatic rings. The fraction of sp³-hybridized carbons (Fsp3) is 0.263. The largest absolute Gasteiger partial charge is 0.336 e. The van der Waals surface area contributed by atoms with Gasteiger partial charge in [0.05, 0.1) is 12.3 Å². The van der Waals surface area contributed by atoms with Crippen molar-refractivity contribution in [1.82, 2.24) is 4.90 Å². The molecule has 2 rings (SSSR count). The summed E-state index contributed by atoms with van der Waals surface area (Å²) in [5.74, 6) is 0.154. The van der Waals surface area contributed by atoms with Gasteiger partial charge in [-0.1, -0.05) is 35.9 Å². The first-order chi connectivity index (χ1) is 11.9. The molecule has 0 aliphatic carbocycles. The number of carbonyl (C=O) groups excluding carboxylic acids is 2. The molecule has 2 aromatic carbocycles. The third-order valence-corrected chi connectivity index (χ3v) is 4.48. The topological polar surface area (TPSA) is 49.4 Å². The number of hydrogen-bond donors (Lipinski definition) is 1. The van der Waals surface area contributed by atoms with Crippen molar-refractivity contribution in [1.29, 1.82) is 0 Å². The number of nitrogens with zero attached hydrogens (tertiary/aromatic N) is 1. The predicted octanol–water partition coefficient (Wildman–Crippen LogP) is 3.46. The summed E-state index contributed by atoms with van der Waals surface area (Å²) in [6.07, 6.45) is 0. The van der Waals surface area contributed by atoms with E-state index < -0.39 is 5.82 Å². The van der Waals surface area contributed by atoms with E-state index in [1.165, 1.54) is 46.0 Å². The first-order valence-electron chi connectivity index (χ1n) is 7.87. The number of hydrogen-bond acceptors (Lipinski definition) is 3. The van der Waals surface area contributed by atoms with E-state index in [0.717, 1.165) is 5.75 Å². The molecule has 0 aliphatic heterocycles. The van der Waals surface area contributed by atoms with Crippen LogP contribution in [0.3, 0.4) is 0 Å². The second-order valence-corrected chi connectivity index (χ2v) is 6.78. The van der Waals surface area contributed by atoms with Crippen molar-refractivity contribution in [3.8, 4) is 0 Å². The van der Waals surface area contributed by atoms with Crippen molar-refractivity contribution in [3.05, 3.63) is 65.5 Å². The third kappa shape index (κ3) is 6.58. The van der Waals surface area contributed by atoms with Crippen LogP contribution in [0.4, 0.5) is 10.1 Å². The zero-order valence-corrected chi connectivity index (χ0v) is 15.1. The van der Waals surface area contributed by atoms with Crippen LogP contribution in [-0.2, 0) is 15.3 Å². The van der Waals surface area contributed by atoms with Gasteiger partial charge in [0.1, 0.15) is 5.82 Å². The number of rotatable bonds is 7. The molecular formula is C19H21FN2O2S. The normalized spacial score (nSPS) is 10.4. The molecule has 0 saturated carbocycles. The van der Waals surface area contributed by atoms with Gasteiger partial charge in [-0.3, -0.25) is 9.59 Å². The Balaban J connectivity index is 1.74. The molecule has 132 valence electrons. The molecule has 6 heteroatoms. The van der Waals surface area contributed by atoms with Gasteiger partial charge in [-0.25, -0.2) is 4.39 Å². The van der Waals surface area contributed by atoms with Gasteiger partial charge in [0.15, 0.2) is 0 Å². The molecule has 0 unspecified atom stereocenters. The van der Waals surface area contributed by atoms with Crippen LogP contribution >= 0.6 is 11.8 Å². The number of nitrogens with one attached hydrogen (secondary N) is 1. The molecule has 0 radical (unpaired) electrons. The van der Waals surface area contributed by atoms with Crippen LogP contribution in [0.2, 0.25) is 0 Å².